The average Bonchev–Trinajstić information content (AvgIpc) is 3.35. The maximum atomic E-state index is 11.1. The summed E-state index contributed by atoms with van der Waals surface area (Å²) in [5, 5.41) is 26.5. The van der Waals surface area contributed by atoms with Gasteiger partial charge in [0, 0.05) is 35.5 Å². The molecule has 3 aromatic heterocycles. The highest BCUT2D eigenvalue weighted by Gasteiger charge is 2.15. The fourth-order valence-corrected chi connectivity index (χ4v) is 5.02. The second-order valence-corrected chi connectivity index (χ2v) is 8.41. The van der Waals surface area contributed by atoms with E-state index < -0.39 is 5.97 Å². The zero-order chi connectivity index (χ0) is 19.8. The van der Waals surface area contributed by atoms with Gasteiger partial charge in [-0.2, -0.15) is 5.10 Å². The predicted octanol–water partition coefficient (Wildman–Crippen LogP) is 4.58. The number of hydrogen-bond acceptors (Lipinski definition) is 6. The molecule has 0 aliphatic rings. The van der Waals surface area contributed by atoms with Crippen molar-refractivity contribution < 1.29 is 15.0 Å². The monoisotopic (exact) mass is 411 g/mol. The fourth-order valence-electron chi connectivity index (χ4n) is 2.98. The molecular weight excluding hydrogens is 394 g/mol. The number of thiophene rings is 1. The molecule has 0 spiro atoms. The van der Waals surface area contributed by atoms with Gasteiger partial charge in [0.15, 0.2) is 0 Å². The van der Waals surface area contributed by atoms with Crippen molar-refractivity contribution in [2.45, 2.75) is 13.3 Å². The van der Waals surface area contributed by atoms with Crippen molar-refractivity contribution >= 4 is 28.6 Å². The first-order valence-electron chi connectivity index (χ1n) is 8.51. The smallest absolute Gasteiger partial charge is 0.339 e. The number of hydrogen-bond donors (Lipinski definition) is 2. The highest BCUT2D eigenvalue weighted by Crippen LogP contribution is 2.38. The summed E-state index contributed by atoms with van der Waals surface area (Å²) in [6.45, 7) is 2.00. The molecule has 0 saturated carbocycles. The highest BCUT2D eigenvalue weighted by molar-refractivity contribution is 7.17. The van der Waals surface area contributed by atoms with E-state index in [1.54, 1.807) is 33.4 Å². The van der Waals surface area contributed by atoms with E-state index in [0.717, 1.165) is 37.3 Å². The van der Waals surface area contributed by atoms with Gasteiger partial charge in [-0.15, -0.1) is 22.7 Å². The summed E-state index contributed by atoms with van der Waals surface area (Å²) in [7, 11) is 1.90. The van der Waals surface area contributed by atoms with Gasteiger partial charge in [0.1, 0.15) is 11.3 Å². The predicted molar refractivity (Wildman–Crippen MR) is 110 cm³/mol. The van der Waals surface area contributed by atoms with Crippen LogP contribution >= 0.6 is 22.7 Å². The van der Waals surface area contributed by atoms with Gasteiger partial charge in [0.2, 0.25) is 0 Å². The average molecular weight is 412 g/mol. The van der Waals surface area contributed by atoms with E-state index in [0.29, 0.717) is 6.42 Å². The Kier molecular flexibility index (Phi) is 4.74. The van der Waals surface area contributed by atoms with Gasteiger partial charge in [-0.25, -0.2) is 9.78 Å². The Bertz CT molecular complexity index is 1170. The van der Waals surface area contributed by atoms with Crippen LogP contribution < -0.4 is 0 Å². The van der Waals surface area contributed by atoms with Crippen LogP contribution in [0.2, 0.25) is 0 Å². The number of phenols is 1. The Morgan fingerprint density at radius 3 is 2.71 bits per heavy atom. The summed E-state index contributed by atoms with van der Waals surface area (Å²) < 4.78 is 1.78. The minimum Gasteiger partial charge on any atom is -0.507 e. The molecule has 0 aliphatic carbocycles. The van der Waals surface area contributed by atoms with Crippen molar-refractivity contribution in [3.05, 3.63) is 63.9 Å². The van der Waals surface area contributed by atoms with Crippen molar-refractivity contribution in [2.24, 2.45) is 7.05 Å². The molecule has 0 amide bonds. The molecule has 0 saturated heterocycles. The number of benzene rings is 1. The molecule has 8 heteroatoms. The van der Waals surface area contributed by atoms with Gasteiger partial charge in [0.25, 0.3) is 0 Å². The first-order valence-corrected chi connectivity index (χ1v) is 10.2. The summed E-state index contributed by atoms with van der Waals surface area (Å²) >= 11 is 3.20. The van der Waals surface area contributed by atoms with Crippen LogP contribution in [-0.2, 0) is 13.5 Å². The van der Waals surface area contributed by atoms with Crippen molar-refractivity contribution in [1.29, 1.82) is 0 Å². The van der Waals surface area contributed by atoms with E-state index in [1.807, 2.05) is 32.3 Å². The van der Waals surface area contributed by atoms with E-state index in [-0.39, 0.29) is 11.3 Å². The lowest BCUT2D eigenvalue weighted by Gasteiger charge is -2.02. The molecule has 6 nitrogen and oxygen atoms in total. The van der Waals surface area contributed by atoms with E-state index >= 15 is 0 Å². The number of rotatable bonds is 5. The molecule has 1 aromatic carbocycles. The van der Waals surface area contributed by atoms with Gasteiger partial charge < -0.3 is 10.2 Å². The number of aromatic hydroxyl groups is 1. The van der Waals surface area contributed by atoms with E-state index in [2.05, 4.69) is 15.5 Å². The molecule has 28 heavy (non-hydrogen) atoms. The number of carboxylic acids is 1. The molecule has 142 valence electrons. The molecule has 2 N–H and O–H groups in total. The van der Waals surface area contributed by atoms with Gasteiger partial charge in [-0.1, -0.05) is 6.07 Å². The lowest BCUT2D eigenvalue weighted by molar-refractivity contribution is 0.0694. The Hall–Kier alpha value is -2.97. The number of carbonyl (C=O) groups is 1. The van der Waals surface area contributed by atoms with Gasteiger partial charge in [-0.05, 0) is 36.8 Å². The SMILES string of the molecule is Cc1nc(Cc2ccn(C)n2)sc1-c1csc(-c2ccc(C(=O)O)c(O)c2)c1. The summed E-state index contributed by atoms with van der Waals surface area (Å²) in [6, 6.07) is 8.67. The quantitative estimate of drug-likeness (QED) is 0.502. The molecule has 0 unspecified atom stereocenters. The molecule has 4 aromatic rings. The summed E-state index contributed by atoms with van der Waals surface area (Å²) in [6.07, 6.45) is 2.63. The standard InChI is InChI=1S/C20H17N3O3S2/c1-11-19(28-18(21-11)9-14-5-6-23(2)22-14)13-8-17(27-10-13)12-3-4-15(20(25)26)16(24)7-12/h3-8,10,24H,9H2,1-2H3,(H,25,26). The van der Waals surface area contributed by atoms with E-state index in [9.17, 15) is 9.90 Å². The number of nitrogens with zero attached hydrogens (tertiary/aromatic N) is 3. The normalized spacial score (nSPS) is 11.1. The van der Waals surface area contributed by atoms with Crippen LogP contribution in [0.25, 0.3) is 20.9 Å². The largest absolute Gasteiger partial charge is 0.507 e. The Balaban J connectivity index is 1.61. The number of aryl methyl sites for hydroxylation is 2. The second kappa shape index (κ2) is 7.21. The van der Waals surface area contributed by atoms with Gasteiger partial charge in [0.05, 0.1) is 21.3 Å². The molecule has 0 fully saturated rings. The molecule has 0 atom stereocenters. The molecule has 0 bridgehead atoms. The molecule has 4 rings (SSSR count). The van der Waals surface area contributed by atoms with Crippen LogP contribution in [0.3, 0.4) is 0 Å². The molecule has 0 aliphatic heterocycles. The summed E-state index contributed by atoms with van der Waals surface area (Å²) in [4.78, 5) is 17.8. The van der Waals surface area contributed by atoms with E-state index in [4.69, 9.17) is 5.11 Å². The Morgan fingerprint density at radius 2 is 2.04 bits per heavy atom. The van der Waals surface area contributed by atoms with Crippen LogP contribution in [0.4, 0.5) is 0 Å². The third-order valence-electron chi connectivity index (χ3n) is 4.32. The maximum absolute atomic E-state index is 11.1. The van der Waals surface area contributed by atoms with Crippen molar-refractivity contribution in [3.63, 3.8) is 0 Å². The van der Waals surface area contributed by atoms with Crippen LogP contribution in [0, 0.1) is 6.92 Å². The van der Waals surface area contributed by atoms with Gasteiger partial charge >= 0.3 is 5.97 Å². The lowest BCUT2D eigenvalue weighted by Crippen LogP contribution is -1.96. The lowest BCUT2D eigenvalue weighted by atomic mass is 10.1. The number of aromatic carboxylic acids is 1. The first-order chi connectivity index (χ1) is 13.4. The zero-order valence-electron chi connectivity index (χ0n) is 15.2. The fraction of sp³-hybridized carbons (Fsp3) is 0.150. The third kappa shape index (κ3) is 3.56. The number of carboxylic acid groups (broad SMARTS) is 1. The van der Waals surface area contributed by atoms with Crippen molar-refractivity contribution in [3.8, 4) is 26.6 Å². The Labute approximate surface area is 169 Å². The Morgan fingerprint density at radius 1 is 1.21 bits per heavy atom. The van der Waals surface area contributed by atoms with Crippen LogP contribution in [-0.4, -0.2) is 30.9 Å². The minimum atomic E-state index is -1.14. The second-order valence-electron chi connectivity index (χ2n) is 6.42. The molecular formula is C20H17N3O3S2. The third-order valence-corrected chi connectivity index (χ3v) is 6.50. The van der Waals surface area contributed by atoms with Crippen molar-refractivity contribution in [2.75, 3.05) is 0 Å². The number of aromatic nitrogens is 3. The zero-order valence-corrected chi connectivity index (χ0v) is 16.8. The minimum absolute atomic E-state index is 0.0991. The summed E-state index contributed by atoms with van der Waals surface area (Å²) in [5.41, 5.74) is 3.73. The van der Waals surface area contributed by atoms with Crippen LogP contribution in [0.1, 0.15) is 26.8 Å². The van der Waals surface area contributed by atoms with Crippen LogP contribution in [0.15, 0.2) is 41.9 Å². The van der Waals surface area contributed by atoms with Crippen molar-refractivity contribution in [1.82, 2.24) is 14.8 Å². The molecule has 3 heterocycles. The number of thiazole rings is 1. The molecule has 0 radical (unpaired) electrons. The summed E-state index contributed by atoms with van der Waals surface area (Å²) in [5.74, 6) is -1.37. The van der Waals surface area contributed by atoms with Crippen LogP contribution in [0.5, 0.6) is 5.75 Å². The topological polar surface area (TPSA) is 88.2 Å². The first kappa shape index (κ1) is 18.4. The van der Waals surface area contributed by atoms with Gasteiger partial charge in [-0.3, -0.25) is 4.68 Å². The highest BCUT2D eigenvalue weighted by atomic mass is 32.1. The van der Waals surface area contributed by atoms with E-state index in [1.165, 1.54) is 12.1 Å². The maximum Gasteiger partial charge on any atom is 0.339 e.